The summed E-state index contributed by atoms with van der Waals surface area (Å²) in [6, 6.07) is -0.374. The Morgan fingerprint density at radius 2 is 2.25 bits per heavy atom. The monoisotopic (exact) mass is 175 g/mol. The van der Waals surface area contributed by atoms with E-state index in [1.54, 1.807) is 0 Å². The molecule has 4 heteroatoms. The van der Waals surface area contributed by atoms with Crippen LogP contribution in [-0.4, -0.2) is 25.3 Å². The average Bonchev–Trinajstić information content (AvgIpc) is 2.03. The molecule has 0 radical (unpaired) electrons. The lowest BCUT2D eigenvalue weighted by molar-refractivity contribution is -0.147. The Bertz CT molecular complexity index is 174. The van der Waals surface area contributed by atoms with Gasteiger partial charge < -0.3 is 10.5 Å². The minimum absolute atomic E-state index is 0.278. The Morgan fingerprint density at radius 1 is 1.58 bits per heavy atom. The minimum Gasteiger partial charge on any atom is -0.469 e. The van der Waals surface area contributed by atoms with E-state index >= 15 is 0 Å². The maximum Gasteiger partial charge on any atom is 0.310 e. The van der Waals surface area contributed by atoms with Gasteiger partial charge in [-0.1, -0.05) is 0 Å². The molecule has 1 aliphatic carbocycles. The molecule has 0 aromatic rings. The van der Waals surface area contributed by atoms with Crippen LogP contribution in [-0.2, 0) is 9.53 Å². The molecule has 0 heterocycles. The second-order valence-electron chi connectivity index (χ2n) is 3.20. The number of hydrogen-bond donors (Lipinski definition) is 1. The van der Waals surface area contributed by atoms with Gasteiger partial charge in [0.2, 0.25) is 0 Å². The molecule has 0 amide bonds. The molecule has 2 N–H and O–H groups in total. The standard InChI is InChI=1S/C8H14FNO2/c1-12-8(11)6-3-2-5(9)4-7(6)10/h5-7H,2-4,10H2,1H3. The molecule has 0 spiro atoms. The van der Waals surface area contributed by atoms with Gasteiger partial charge in [-0.05, 0) is 19.3 Å². The Morgan fingerprint density at radius 3 is 2.75 bits per heavy atom. The summed E-state index contributed by atoms with van der Waals surface area (Å²) < 4.78 is 17.3. The number of halogens is 1. The summed E-state index contributed by atoms with van der Waals surface area (Å²) in [5, 5.41) is 0. The van der Waals surface area contributed by atoms with Crippen molar-refractivity contribution in [3.05, 3.63) is 0 Å². The predicted molar refractivity (Wildman–Crippen MR) is 42.2 cm³/mol. The van der Waals surface area contributed by atoms with Gasteiger partial charge in [-0.15, -0.1) is 0 Å². The highest BCUT2D eigenvalue weighted by molar-refractivity contribution is 5.73. The van der Waals surface area contributed by atoms with Gasteiger partial charge in [-0.2, -0.15) is 0 Å². The van der Waals surface area contributed by atoms with Crippen LogP contribution in [0.3, 0.4) is 0 Å². The fourth-order valence-corrected chi connectivity index (χ4v) is 1.60. The summed E-state index contributed by atoms with van der Waals surface area (Å²) in [6.45, 7) is 0. The third-order valence-electron chi connectivity index (χ3n) is 2.34. The van der Waals surface area contributed by atoms with Crippen LogP contribution in [0.1, 0.15) is 19.3 Å². The van der Waals surface area contributed by atoms with Crippen molar-refractivity contribution >= 4 is 5.97 Å². The van der Waals surface area contributed by atoms with Crippen LogP contribution < -0.4 is 5.73 Å². The third kappa shape index (κ3) is 1.94. The van der Waals surface area contributed by atoms with E-state index in [1.807, 2.05) is 0 Å². The van der Waals surface area contributed by atoms with Crippen LogP contribution in [0.25, 0.3) is 0 Å². The lowest BCUT2D eigenvalue weighted by atomic mass is 9.84. The molecule has 0 aromatic carbocycles. The first-order valence-electron chi connectivity index (χ1n) is 4.12. The van der Waals surface area contributed by atoms with Crippen molar-refractivity contribution in [1.82, 2.24) is 0 Å². The van der Waals surface area contributed by atoms with Crippen molar-refractivity contribution in [3.63, 3.8) is 0 Å². The van der Waals surface area contributed by atoms with Gasteiger partial charge in [0.25, 0.3) is 0 Å². The van der Waals surface area contributed by atoms with Crippen LogP contribution in [0.5, 0.6) is 0 Å². The van der Waals surface area contributed by atoms with Gasteiger partial charge >= 0.3 is 5.97 Å². The van der Waals surface area contributed by atoms with Crippen molar-refractivity contribution in [1.29, 1.82) is 0 Å². The molecule has 3 nitrogen and oxygen atoms in total. The molecule has 0 bridgehead atoms. The number of carbonyl (C=O) groups excluding carboxylic acids is 1. The molecule has 0 saturated heterocycles. The van der Waals surface area contributed by atoms with E-state index in [4.69, 9.17) is 5.73 Å². The van der Waals surface area contributed by atoms with Crippen molar-refractivity contribution in [2.75, 3.05) is 7.11 Å². The summed E-state index contributed by atoms with van der Waals surface area (Å²) >= 11 is 0. The quantitative estimate of drug-likeness (QED) is 0.594. The highest BCUT2D eigenvalue weighted by atomic mass is 19.1. The van der Waals surface area contributed by atoms with Crippen LogP contribution in [0.4, 0.5) is 4.39 Å². The topological polar surface area (TPSA) is 52.3 Å². The van der Waals surface area contributed by atoms with Gasteiger partial charge in [0.15, 0.2) is 0 Å². The highest BCUT2D eigenvalue weighted by Gasteiger charge is 2.33. The largest absolute Gasteiger partial charge is 0.469 e. The van der Waals surface area contributed by atoms with Gasteiger partial charge in [0.1, 0.15) is 6.17 Å². The smallest absolute Gasteiger partial charge is 0.310 e. The number of methoxy groups -OCH3 is 1. The van der Waals surface area contributed by atoms with E-state index in [0.29, 0.717) is 12.8 Å². The SMILES string of the molecule is COC(=O)C1CCC(F)CC1N. The normalized spacial score (nSPS) is 36.1. The number of alkyl halides is 1. The molecule has 70 valence electrons. The van der Waals surface area contributed by atoms with Crippen molar-refractivity contribution in [2.24, 2.45) is 11.7 Å². The summed E-state index contributed by atoms with van der Waals surface area (Å²) in [5.74, 6) is -0.614. The molecule has 1 aliphatic rings. The zero-order valence-electron chi connectivity index (χ0n) is 7.13. The molecular weight excluding hydrogens is 161 g/mol. The van der Waals surface area contributed by atoms with Crippen molar-refractivity contribution in [2.45, 2.75) is 31.5 Å². The van der Waals surface area contributed by atoms with Crippen LogP contribution in [0.2, 0.25) is 0 Å². The van der Waals surface area contributed by atoms with Gasteiger partial charge in [0.05, 0.1) is 13.0 Å². The van der Waals surface area contributed by atoms with Crippen LogP contribution in [0.15, 0.2) is 0 Å². The number of esters is 1. The molecule has 12 heavy (non-hydrogen) atoms. The first kappa shape index (κ1) is 9.45. The second-order valence-corrected chi connectivity index (χ2v) is 3.20. The lowest BCUT2D eigenvalue weighted by Crippen LogP contribution is -2.41. The number of ether oxygens (including phenoxy) is 1. The minimum atomic E-state index is -0.846. The van der Waals surface area contributed by atoms with Crippen molar-refractivity contribution < 1.29 is 13.9 Å². The van der Waals surface area contributed by atoms with Crippen LogP contribution >= 0.6 is 0 Å². The van der Waals surface area contributed by atoms with E-state index < -0.39 is 6.17 Å². The van der Waals surface area contributed by atoms with Crippen LogP contribution in [0, 0.1) is 5.92 Å². The van der Waals surface area contributed by atoms with Gasteiger partial charge in [0, 0.05) is 6.04 Å². The first-order chi connectivity index (χ1) is 5.65. The number of carbonyl (C=O) groups is 1. The van der Waals surface area contributed by atoms with Gasteiger partial charge in [-0.25, -0.2) is 4.39 Å². The van der Waals surface area contributed by atoms with E-state index in [9.17, 15) is 9.18 Å². The van der Waals surface area contributed by atoms with E-state index in [1.165, 1.54) is 7.11 Å². The fraction of sp³-hybridized carbons (Fsp3) is 0.875. The van der Waals surface area contributed by atoms with Gasteiger partial charge in [-0.3, -0.25) is 4.79 Å². The molecule has 0 aliphatic heterocycles. The Hall–Kier alpha value is -0.640. The number of nitrogens with two attached hydrogens (primary N) is 1. The lowest BCUT2D eigenvalue weighted by Gasteiger charge is -2.28. The summed E-state index contributed by atoms with van der Waals surface area (Å²) in [6.07, 6.45) is 0.364. The zero-order valence-corrected chi connectivity index (χ0v) is 7.13. The maximum atomic E-state index is 12.7. The first-order valence-corrected chi connectivity index (χ1v) is 4.12. The average molecular weight is 175 g/mol. The molecule has 1 fully saturated rings. The Labute approximate surface area is 71.1 Å². The highest BCUT2D eigenvalue weighted by Crippen LogP contribution is 2.26. The fourth-order valence-electron chi connectivity index (χ4n) is 1.60. The third-order valence-corrected chi connectivity index (χ3v) is 2.34. The number of hydrogen-bond acceptors (Lipinski definition) is 3. The van der Waals surface area contributed by atoms with Crippen molar-refractivity contribution in [3.8, 4) is 0 Å². The summed E-state index contributed by atoms with van der Waals surface area (Å²) in [4.78, 5) is 11.1. The molecule has 1 rings (SSSR count). The summed E-state index contributed by atoms with van der Waals surface area (Å²) in [5.41, 5.74) is 5.61. The van der Waals surface area contributed by atoms with E-state index in [0.717, 1.165) is 0 Å². The molecule has 0 aromatic heterocycles. The van der Waals surface area contributed by atoms with E-state index in [-0.39, 0.29) is 24.3 Å². The number of rotatable bonds is 1. The van der Waals surface area contributed by atoms with E-state index in [2.05, 4.69) is 4.74 Å². The summed E-state index contributed by atoms with van der Waals surface area (Å²) in [7, 11) is 1.33. The maximum absolute atomic E-state index is 12.7. The second kappa shape index (κ2) is 3.85. The molecule has 1 saturated carbocycles. The Balaban J connectivity index is 2.50. The predicted octanol–water partition coefficient (Wildman–Crippen LogP) is 0.625. The zero-order chi connectivity index (χ0) is 9.14. The molecule has 3 atom stereocenters. The molecule has 3 unspecified atom stereocenters. The Kier molecular flexibility index (Phi) is 3.03. The molecular formula is C8H14FNO2.